The highest BCUT2D eigenvalue weighted by molar-refractivity contribution is 6.30. The van der Waals surface area contributed by atoms with Crippen LogP contribution in [0, 0.1) is 5.92 Å². The molecule has 1 aliphatic heterocycles. The second kappa shape index (κ2) is 8.37. The zero-order chi connectivity index (χ0) is 14.5. The van der Waals surface area contributed by atoms with Crippen molar-refractivity contribution in [3.05, 3.63) is 34.9 Å². The Balaban J connectivity index is 0.00000220. The molecular weight excluding hydrogens is 311 g/mol. The predicted octanol–water partition coefficient (Wildman–Crippen LogP) is 2.40. The number of piperidine rings is 1. The molecule has 4 nitrogen and oxygen atoms in total. The Bertz CT molecular complexity index is 483. The summed E-state index contributed by atoms with van der Waals surface area (Å²) < 4.78 is 0. The van der Waals surface area contributed by atoms with Crippen LogP contribution >= 0.6 is 24.0 Å². The Labute approximate surface area is 136 Å². The third kappa shape index (κ3) is 4.70. The number of nitrogens with zero attached hydrogens (tertiary/aromatic N) is 1. The molecule has 0 aliphatic carbocycles. The number of likely N-dealkylation sites (tertiary alicyclic amines) is 1. The fraction of sp³-hybridized carbons (Fsp3) is 0.467. The molecule has 0 spiro atoms. The number of hydrogen-bond donors (Lipinski definition) is 1. The lowest BCUT2D eigenvalue weighted by atomic mass is 9.89. The van der Waals surface area contributed by atoms with Crippen LogP contribution in [0.15, 0.2) is 24.3 Å². The van der Waals surface area contributed by atoms with Crippen LogP contribution in [-0.2, 0) is 4.79 Å². The van der Waals surface area contributed by atoms with Crippen LogP contribution in [0.3, 0.4) is 0 Å². The number of rotatable bonds is 4. The molecule has 0 aromatic heterocycles. The summed E-state index contributed by atoms with van der Waals surface area (Å²) in [5.74, 6) is 0.266. The zero-order valence-corrected chi connectivity index (χ0v) is 13.5. The molecule has 21 heavy (non-hydrogen) atoms. The smallest absolute Gasteiger partial charge is 0.236 e. The van der Waals surface area contributed by atoms with Crippen molar-refractivity contribution in [3.63, 3.8) is 0 Å². The molecule has 0 bridgehead atoms. The Kier molecular flexibility index (Phi) is 7.15. The van der Waals surface area contributed by atoms with Gasteiger partial charge in [0.15, 0.2) is 5.78 Å². The van der Waals surface area contributed by atoms with Gasteiger partial charge in [-0.05, 0) is 44.2 Å². The average Bonchev–Trinajstić information content (AvgIpc) is 2.48. The maximum absolute atomic E-state index is 12.4. The highest BCUT2D eigenvalue weighted by Gasteiger charge is 2.27. The summed E-state index contributed by atoms with van der Waals surface area (Å²) in [5.41, 5.74) is 0.703. The molecule has 0 radical (unpaired) electrons. The lowest BCUT2D eigenvalue weighted by Gasteiger charge is -2.31. The maximum Gasteiger partial charge on any atom is 0.236 e. The monoisotopic (exact) mass is 330 g/mol. The highest BCUT2D eigenvalue weighted by Crippen LogP contribution is 2.22. The van der Waals surface area contributed by atoms with Gasteiger partial charge in [-0.25, -0.2) is 0 Å². The van der Waals surface area contributed by atoms with Crippen molar-refractivity contribution in [1.29, 1.82) is 0 Å². The van der Waals surface area contributed by atoms with Crippen molar-refractivity contribution in [2.75, 3.05) is 26.7 Å². The van der Waals surface area contributed by atoms with Gasteiger partial charge in [0.1, 0.15) is 0 Å². The van der Waals surface area contributed by atoms with Gasteiger partial charge in [0.25, 0.3) is 0 Å². The third-order valence-electron chi connectivity index (χ3n) is 3.68. The second-order valence-electron chi connectivity index (χ2n) is 5.06. The quantitative estimate of drug-likeness (QED) is 0.862. The van der Waals surface area contributed by atoms with Crippen LogP contribution < -0.4 is 5.32 Å². The van der Waals surface area contributed by atoms with Crippen molar-refractivity contribution < 1.29 is 9.59 Å². The molecule has 1 N–H and O–H groups in total. The first-order valence-electron chi connectivity index (χ1n) is 6.84. The standard InChI is InChI=1S/C15H19ClN2O2.ClH/c1-17-10-14(19)18-8-6-12(7-9-18)15(20)11-2-4-13(16)5-3-11;/h2-5,12,17H,6-10H2,1H3;1H. The number of nitrogens with one attached hydrogen (secondary N) is 1. The van der Waals surface area contributed by atoms with E-state index in [0.29, 0.717) is 30.2 Å². The summed E-state index contributed by atoms with van der Waals surface area (Å²) >= 11 is 5.82. The number of benzene rings is 1. The van der Waals surface area contributed by atoms with E-state index in [1.165, 1.54) is 0 Å². The van der Waals surface area contributed by atoms with Crippen molar-refractivity contribution >= 4 is 35.7 Å². The fourth-order valence-electron chi connectivity index (χ4n) is 2.50. The van der Waals surface area contributed by atoms with Gasteiger partial charge in [0.05, 0.1) is 6.54 Å². The number of Topliss-reactive ketones (excluding diaryl/α,β-unsaturated/α-hetero) is 1. The predicted molar refractivity (Wildman–Crippen MR) is 86.3 cm³/mol. The van der Waals surface area contributed by atoms with E-state index in [9.17, 15) is 9.59 Å². The van der Waals surface area contributed by atoms with E-state index in [1.807, 2.05) is 4.90 Å². The van der Waals surface area contributed by atoms with Gasteiger partial charge in [0.2, 0.25) is 5.91 Å². The van der Waals surface area contributed by atoms with Gasteiger partial charge in [-0.15, -0.1) is 12.4 Å². The molecule has 1 aromatic carbocycles. The molecule has 0 saturated carbocycles. The Morgan fingerprint density at radius 1 is 1.24 bits per heavy atom. The van der Waals surface area contributed by atoms with Gasteiger partial charge in [-0.2, -0.15) is 0 Å². The molecule has 6 heteroatoms. The lowest BCUT2D eigenvalue weighted by Crippen LogP contribution is -2.43. The minimum Gasteiger partial charge on any atom is -0.342 e. The summed E-state index contributed by atoms with van der Waals surface area (Å²) in [4.78, 5) is 25.9. The number of carbonyl (C=O) groups is 2. The van der Waals surface area contributed by atoms with E-state index in [1.54, 1.807) is 31.3 Å². The summed E-state index contributed by atoms with van der Waals surface area (Å²) in [5, 5.41) is 3.49. The molecule has 1 aliphatic rings. The lowest BCUT2D eigenvalue weighted by molar-refractivity contribution is -0.131. The number of carbonyl (C=O) groups excluding carboxylic acids is 2. The van der Waals surface area contributed by atoms with Crippen LogP contribution in [0.5, 0.6) is 0 Å². The normalized spacial score (nSPS) is 15.4. The van der Waals surface area contributed by atoms with Gasteiger partial charge in [-0.3, -0.25) is 9.59 Å². The molecule has 1 fully saturated rings. The number of ketones is 1. The number of likely N-dealkylation sites (N-methyl/N-ethyl adjacent to an activating group) is 1. The SMILES string of the molecule is CNCC(=O)N1CCC(C(=O)c2ccc(Cl)cc2)CC1.Cl. The molecule has 116 valence electrons. The van der Waals surface area contributed by atoms with Crippen molar-refractivity contribution in [1.82, 2.24) is 10.2 Å². The second-order valence-corrected chi connectivity index (χ2v) is 5.49. The van der Waals surface area contributed by atoms with Gasteiger partial charge >= 0.3 is 0 Å². The summed E-state index contributed by atoms with van der Waals surface area (Å²) in [6.07, 6.45) is 1.47. The van der Waals surface area contributed by atoms with E-state index in [-0.39, 0.29) is 30.0 Å². The van der Waals surface area contributed by atoms with E-state index in [2.05, 4.69) is 5.32 Å². The van der Waals surface area contributed by atoms with Crippen molar-refractivity contribution in [3.8, 4) is 0 Å². The highest BCUT2D eigenvalue weighted by atomic mass is 35.5. The van der Waals surface area contributed by atoms with Crippen LogP contribution in [0.1, 0.15) is 23.2 Å². The van der Waals surface area contributed by atoms with Crippen molar-refractivity contribution in [2.45, 2.75) is 12.8 Å². The fourth-order valence-corrected chi connectivity index (χ4v) is 2.63. The van der Waals surface area contributed by atoms with Crippen LogP contribution in [0.4, 0.5) is 0 Å². The Hall–Kier alpha value is -1.10. The summed E-state index contributed by atoms with van der Waals surface area (Å²) in [7, 11) is 1.76. The van der Waals surface area contributed by atoms with Gasteiger partial charge < -0.3 is 10.2 Å². The largest absolute Gasteiger partial charge is 0.342 e. The topological polar surface area (TPSA) is 49.4 Å². The van der Waals surface area contributed by atoms with E-state index < -0.39 is 0 Å². The van der Waals surface area contributed by atoms with Crippen LogP contribution in [-0.4, -0.2) is 43.3 Å². The first-order valence-corrected chi connectivity index (χ1v) is 7.21. The molecular formula is C15H20Cl2N2O2. The first kappa shape index (κ1) is 18.0. The van der Waals surface area contributed by atoms with E-state index in [4.69, 9.17) is 11.6 Å². The molecule has 1 aromatic rings. The van der Waals surface area contributed by atoms with Gasteiger partial charge in [-0.1, -0.05) is 11.6 Å². The number of hydrogen-bond acceptors (Lipinski definition) is 3. The minimum absolute atomic E-state index is 0. The summed E-state index contributed by atoms with van der Waals surface area (Å²) in [6.45, 7) is 1.67. The minimum atomic E-state index is 0. The molecule has 2 rings (SSSR count). The Morgan fingerprint density at radius 2 is 1.81 bits per heavy atom. The summed E-state index contributed by atoms with van der Waals surface area (Å²) in [6, 6.07) is 7.01. The third-order valence-corrected chi connectivity index (χ3v) is 3.93. The number of halogens is 2. The van der Waals surface area contributed by atoms with Crippen molar-refractivity contribution in [2.24, 2.45) is 5.92 Å². The van der Waals surface area contributed by atoms with Crippen LogP contribution in [0.25, 0.3) is 0 Å². The zero-order valence-electron chi connectivity index (χ0n) is 12.0. The average molecular weight is 331 g/mol. The molecule has 0 unspecified atom stereocenters. The number of amides is 1. The first-order chi connectivity index (χ1) is 9.61. The molecule has 1 amide bonds. The van der Waals surface area contributed by atoms with Crippen LogP contribution in [0.2, 0.25) is 5.02 Å². The molecule has 0 atom stereocenters. The van der Waals surface area contributed by atoms with E-state index in [0.717, 1.165) is 12.8 Å². The van der Waals surface area contributed by atoms with E-state index >= 15 is 0 Å². The Morgan fingerprint density at radius 3 is 2.33 bits per heavy atom. The molecule has 1 heterocycles. The van der Waals surface area contributed by atoms with Gasteiger partial charge in [0, 0.05) is 29.6 Å². The molecule has 1 saturated heterocycles. The maximum atomic E-state index is 12.4.